The summed E-state index contributed by atoms with van der Waals surface area (Å²) in [6.45, 7) is 12.2. The van der Waals surface area contributed by atoms with E-state index in [4.69, 9.17) is 25.5 Å². The summed E-state index contributed by atoms with van der Waals surface area (Å²) in [7, 11) is 0. The minimum atomic E-state index is -0.464. The lowest BCUT2D eigenvalue weighted by atomic mass is 9.47. The van der Waals surface area contributed by atoms with Gasteiger partial charge in [-0.15, -0.1) is 0 Å². The third-order valence-electron chi connectivity index (χ3n) is 13.8. The first-order valence-electron chi connectivity index (χ1n) is 19.3. The van der Waals surface area contributed by atoms with Gasteiger partial charge < -0.3 is 13.9 Å². The molecule has 1 heterocycles. The quantitative estimate of drug-likeness (QED) is 0.120. The summed E-state index contributed by atoms with van der Waals surface area (Å²) < 4.78 is 17.4. The van der Waals surface area contributed by atoms with Gasteiger partial charge in [-0.2, -0.15) is 0 Å². The van der Waals surface area contributed by atoms with Crippen molar-refractivity contribution in [2.75, 3.05) is 6.61 Å². The molecule has 3 unspecified atom stereocenters. The highest BCUT2D eigenvalue weighted by atomic mass is 35.5. The van der Waals surface area contributed by atoms with E-state index in [0.717, 1.165) is 65.9 Å². The predicted octanol–water partition coefficient (Wildman–Crippen LogP) is 11.4. The molecule has 3 saturated carbocycles. The molecule has 7 rings (SSSR count). The molecule has 1 aromatic heterocycles. The Bertz CT molecular complexity index is 1790. The first kappa shape index (κ1) is 35.4. The van der Waals surface area contributed by atoms with E-state index in [2.05, 4.69) is 40.7 Å². The molecule has 4 aliphatic rings. The van der Waals surface area contributed by atoms with Gasteiger partial charge in [-0.05, 0) is 108 Å². The molecule has 0 N–H and O–H groups in total. The summed E-state index contributed by atoms with van der Waals surface area (Å²) in [6, 6.07) is 14.4. The van der Waals surface area contributed by atoms with Gasteiger partial charge in [-0.1, -0.05) is 107 Å². The van der Waals surface area contributed by atoms with Gasteiger partial charge in [0, 0.05) is 23.9 Å². The van der Waals surface area contributed by atoms with Gasteiger partial charge >= 0.3 is 11.6 Å². The summed E-state index contributed by atoms with van der Waals surface area (Å²) in [5.41, 5.74) is 3.69. The standard InChI is InChI=1S/C44H55ClO5/c1-27(2)10-9-11-28(3)35-16-17-36-32-15-14-30-22-31(18-20-43(30,4)37(32)19-21-44(35,36)5)49-42(47)26-48-40-25-39-34(23-38(40)45)33(24-41(46)50-39)29-12-7-6-8-13-29/h6-8,12-14,23-25,27-28,31-32,35-37H,9-11,15-22,26H2,1-5H3/t28-,31+,32?,35-,36?,37?,43+,44-/m1/s1. The smallest absolute Gasteiger partial charge is 0.344 e. The molecule has 0 amide bonds. The zero-order chi connectivity index (χ0) is 35.2. The Kier molecular flexibility index (Phi) is 10.0. The average Bonchev–Trinajstić information content (AvgIpc) is 3.45. The van der Waals surface area contributed by atoms with Gasteiger partial charge in [-0.3, -0.25) is 0 Å². The Morgan fingerprint density at radius 2 is 1.78 bits per heavy atom. The molecule has 6 heteroatoms. The third-order valence-corrected chi connectivity index (χ3v) is 14.1. The predicted molar refractivity (Wildman–Crippen MR) is 201 cm³/mol. The first-order valence-corrected chi connectivity index (χ1v) is 19.7. The van der Waals surface area contributed by atoms with Gasteiger partial charge in [0.2, 0.25) is 0 Å². The van der Waals surface area contributed by atoms with Gasteiger partial charge in [0.05, 0.1) is 5.02 Å². The van der Waals surface area contributed by atoms with E-state index in [9.17, 15) is 9.59 Å². The lowest BCUT2D eigenvalue weighted by molar-refractivity contribution is -0.153. The van der Waals surface area contributed by atoms with Crippen molar-refractivity contribution in [3.05, 3.63) is 75.6 Å². The number of carbonyl (C=O) groups excluding carboxylic acids is 1. The highest BCUT2D eigenvalue weighted by Crippen LogP contribution is 2.67. The molecular formula is C44H55ClO5. The molecule has 0 bridgehead atoms. The van der Waals surface area contributed by atoms with E-state index in [0.29, 0.717) is 21.4 Å². The Hall–Kier alpha value is -3.05. The summed E-state index contributed by atoms with van der Waals surface area (Å²) >= 11 is 6.62. The van der Waals surface area contributed by atoms with E-state index < -0.39 is 11.6 Å². The van der Waals surface area contributed by atoms with Crippen LogP contribution in [0.4, 0.5) is 0 Å². The Morgan fingerprint density at radius 3 is 2.56 bits per heavy atom. The highest BCUT2D eigenvalue weighted by Gasteiger charge is 2.59. The zero-order valence-corrected chi connectivity index (χ0v) is 31.4. The van der Waals surface area contributed by atoms with Gasteiger partial charge in [0.1, 0.15) is 17.4 Å². The number of benzene rings is 2. The molecule has 5 nitrogen and oxygen atoms in total. The molecule has 50 heavy (non-hydrogen) atoms. The first-order chi connectivity index (χ1) is 24.0. The van der Waals surface area contributed by atoms with Crippen LogP contribution in [0.3, 0.4) is 0 Å². The van der Waals surface area contributed by atoms with Gasteiger partial charge in [0.25, 0.3) is 0 Å². The van der Waals surface area contributed by atoms with Gasteiger partial charge in [0.15, 0.2) is 6.61 Å². The number of rotatable bonds is 10. The number of hydrogen-bond donors (Lipinski definition) is 0. The zero-order valence-electron chi connectivity index (χ0n) is 30.6. The normalized spacial score (nSPS) is 31.0. The van der Waals surface area contributed by atoms with Crippen LogP contribution in [0.15, 0.2) is 69.4 Å². The van der Waals surface area contributed by atoms with Gasteiger partial charge in [-0.25, -0.2) is 9.59 Å². The Labute approximate surface area is 303 Å². The second-order valence-corrected chi connectivity index (χ2v) is 17.5. The average molecular weight is 699 g/mol. The fourth-order valence-electron chi connectivity index (χ4n) is 11.2. The molecule has 3 aromatic rings. The van der Waals surface area contributed by atoms with Crippen molar-refractivity contribution in [2.24, 2.45) is 46.3 Å². The van der Waals surface area contributed by atoms with Crippen LogP contribution in [0.2, 0.25) is 5.02 Å². The van der Waals surface area contributed by atoms with E-state index in [1.807, 2.05) is 30.3 Å². The maximum Gasteiger partial charge on any atom is 0.344 e. The molecule has 3 fully saturated rings. The topological polar surface area (TPSA) is 65.7 Å². The Balaban J connectivity index is 0.973. The number of esters is 1. The lowest BCUT2D eigenvalue weighted by Crippen LogP contribution is -2.51. The molecule has 0 aliphatic heterocycles. The van der Waals surface area contributed by atoms with E-state index in [-0.39, 0.29) is 23.9 Å². The lowest BCUT2D eigenvalue weighted by Gasteiger charge is -2.58. The van der Waals surface area contributed by atoms with Crippen molar-refractivity contribution in [1.82, 2.24) is 0 Å². The number of carbonyl (C=O) groups is 1. The second kappa shape index (κ2) is 14.2. The van der Waals surface area contributed by atoms with Crippen LogP contribution >= 0.6 is 11.6 Å². The van der Waals surface area contributed by atoms with Crippen molar-refractivity contribution in [2.45, 2.75) is 111 Å². The molecule has 0 spiro atoms. The van der Waals surface area contributed by atoms with E-state index >= 15 is 0 Å². The number of hydrogen-bond acceptors (Lipinski definition) is 5. The van der Waals surface area contributed by atoms with Crippen LogP contribution in [0.5, 0.6) is 5.75 Å². The summed E-state index contributed by atoms with van der Waals surface area (Å²) in [5.74, 6) is 4.71. The van der Waals surface area contributed by atoms with Crippen LogP contribution < -0.4 is 10.4 Å². The Morgan fingerprint density at radius 1 is 0.980 bits per heavy atom. The van der Waals surface area contributed by atoms with Crippen LogP contribution in [0.25, 0.3) is 22.1 Å². The van der Waals surface area contributed by atoms with Crippen LogP contribution in [-0.2, 0) is 9.53 Å². The summed E-state index contributed by atoms with van der Waals surface area (Å²) in [5, 5.41) is 1.04. The van der Waals surface area contributed by atoms with Crippen LogP contribution in [-0.4, -0.2) is 18.7 Å². The molecule has 4 aliphatic carbocycles. The van der Waals surface area contributed by atoms with Crippen molar-refractivity contribution in [1.29, 1.82) is 0 Å². The summed E-state index contributed by atoms with van der Waals surface area (Å²) in [6.07, 6.45) is 16.0. The molecule has 8 atom stereocenters. The number of allylic oxidation sites excluding steroid dienone is 1. The van der Waals surface area contributed by atoms with Crippen molar-refractivity contribution in [3.8, 4) is 16.9 Å². The monoisotopic (exact) mass is 698 g/mol. The summed E-state index contributed by atoms with van der Waals surface area (Å²) in [4.78, 5) is 25.5. The molecule has 268 valence electrons. The SMILES string of the molecule is CC(C)CCC[C@@H](C)[C@H]1CCC2C3CC=C4C[C@@H](OC(=O)COc5cc6oc(=O)cc(-c7ccccc7)c6cc5Cl)CC[C@]4(C)C3CC[C@@]21C. The van der Waals surface area contributed by atoms with Crippen molar-refractivity contribution in [3.63, 3.8) is 0 Å². The molecular weight excluding hydrogens is 644 g/mol. The second-order valence-electron chi connectivity index (χ2n) is 17.1. The number of ether oxygens (including phenoxy) is 2. The maximum absolute atomic E-state index is 13.1. The minimum absolute atomic E-state index is 0.142. The van der Waals surface area contributed by atoms with E-state index in [1.54, 1.807) is 12.1 Å². The minimum Gasteiger partial charge on any atom is -0.480 e. The largest absolute Gasteiger partial charge is 0.480 e. The van der Waals surface area contributed by atoms with Crippen molar-refractivity contribution < 1.29 is 18.7 Å². The molecule has 0 radical (unpaired) electrons. The third kappa shape index (κ3) is 6.69. The highest BCUT2D eigenvalue weighted by molar-refractivity contribution is 6.33. The molecule has 2 aromatic carbocycles. The fourth-order valence-corrected chi connectivity index (χ4v) is 11.5. The van der Waals surface area contributed by atoms with E-state index in [1.165, 1.54) is 63.0 Å². The number of fused-ring (bicyclic) bond motifs is 6. The van der Waals surface area contributed by atoms with Crippen LogP contribution in [0.1, 0.15) is 105 Å². The fraction of sp³-hybridized carbons (Fsp3) is 0.591. The maximum atomic E-state index is 13.1. The molecule has 0 saturated heterocycles. The number of halogens is 1. The van der Waals surface area contributed by atoms with Crippen molar-refractivity contribution >= 4 is 28.5 Å². The van der Waals surface area contributed by atoms with Crippen LogP contribution in [0, 0.1) is 46.3 Å².